The van der Waals surface area contributed by atoms with Gasteiger partial charge in [-0.15, -0.1) is 0 Å². The summed E-state index contributed by atoms with van der Waals surface area (Å²) in [6, 6.07) is 0. The van der Waals surface area contributed by atoms with Crippen LogP contribution in [0.3, 0.4) is 0 Å². The third kappa shape index (κ3) is 29.7. The van der Waals surface area contributed by atoms with Gasteiger partial charge in [0.25, 0.3) is 0 Å². The Labute approximate surface area is 945 Å². The fraction of sp³-hybridized carbons (Fsp3) is 0.934. The number of fused-ring (bicyclic) bond motifs is 12. The van der Waals surface area contributed by atoms with Gasteiger partial charge in [-0.3, -0.25) is 0 Å². The first-order chi connectivity index (χ1) is 61.4. The van der Waals surface area contributed by atoms with Crippen LogP contribution in [0.4, 0.5) is 0 Å². The molecule has 0 amide bonds. The van der Waals surface area contributed by atoms with Gasteiger partial charge in [0, 0.05) is 0 Å². The summed E-state index contributed by atoms with van der Waals surface area (Å²) in [5.41, 5.74) is 12.0. The van der Waals surface area contributed by atoms with Crippen molar-refractivity contribution in [3.63, 3.8) is 0 Å². The molecule has 0 aromatic carbocycles. The van der Waals surface area contributed by atoms with Crippen LogP contribution in [0, 0.1) is 258 Å². The van der Waals surface area contributed by atoms with Crippen molar-refractivity contribution < 1.29 is 83.4 Å². The quantitative estimate of drug-likeness (QED) is 0.159. The molecule has 0 bridgehead atoms. The van der Waals surface area contributed by atoms with Crippen LogP contribution in [0.1, 0.15) is 418 Å². The predicted molar refractivity (Wildman–Crippen MR) is 623 cm³/mol. The molecule has 0 aliphatic heterocycles. The van der Waals surface area contributed by atoms with Gasteiger partial charge in [0.15, 0.2) is 0 Å². The van der Waals surface area contributed by atoms with Crippen LogP contribution >= 0.6 is 68.1 Å². The second-order valence-electron chi connectivity index (χ2n) is 57.8. The molecule has 20 aliphatic carbocycles. The Morgan fingerprint density at radius 1 is 0.210 bits per heavy atom. The first-order valence-corrected chi connectivity index (χ1v) is 95.2. The summed E-state index contributed by atoms with van der Waals surface area (Å²) >= 11 is -3.30. The summed E-state index contributed by atoms with van der Waals surface area (Å²) in [7, 11) is 34.5. The minimum absolute atomic E-state index is 0. The molecule has 804 valence electrons. The van der Waals surface area contributed by atoms with E-state index in [2.05, 4.69) is 156 Å². The summed E-state index contributed by atoms with van der Waals surface area (Å²) in [4.78, 5) is 0. The second kappa shape index (κ2) is 58.0. The van der Waals surface area contributed by atoms with E-state index in [1.165, 1.54) is 87.3 Å². The number of halogens is 8. The van der Waals surface area contributed by atoms with E-state index in [1.807, 2.05) is 0 Å². The number of rotatable bonds is 9. The first-order valence-electron chi connectivity index (χ1n) is 57.3. The van der Waals surface area contributed by atoms with E-state index < -0.39 is 116 Å². The Kier molecular flexibility index (Phi) is 56.8. The summed E-state index contributed by atoms with van der Waals surface area (Å²) < 4.78 is 0. The Balaban J connectivity index is 0.000000312. The van der Waals surface area contributed by atoms with E-state index in [9.17, 15) is 0 Å². The average Bonchev–Trinajstić information content (AvgIpc) is 1.53. The molecule has 0 nitrogen and oxygen atoms in total. The van der Waals surface area contributed by atoms with Crippen LogP contribution in [0.2, 0.25) is 96.7 Å². The molecule has 35 atom stereocenters. The molecule has 0 N–H and O–H groups in total. The van der Waals surface area contributed by atoms with Gasteiger partial charge in [0.05, 0.1) is 32.3 Å². The van der Waals surface area contributed by atoms with Crippen molar-refractivity contribution in [3.8, 4) is 0 Å². The molecule has 20 saturated carbocycles. The van der Waals surface area contributed by atoms with Crippen LogP contribution in [-0.4, -0.2) is 32.3 Å². The van der Waals surface area contributed by atoms with Gasteiger partial charge in [0.2, 0.25) is 0 Å². The number of hydrogen-bond donors (Lipinski definition) is 0. The third-order valence-electron chi connectivity index (χ3n) is 48.4. The van der Waals surface area contributed by atoms with Gasteiger partial charge in [-0.25, -0.2) is 0 Å². The van der Waals surface area contributed by atoms with E-state index in [1.54, 1.807) is 244 Å². The monoisotopic (exact) mass is 2450 g/mol. The standard InChI is InChI=1S/C40H70Si.C27H48Si.C25H46Si.C22H40Si.8CH3.8ClH.4Zr/c1-37(2)17-19-39(5,6)33-23-29-27(21-31(33)37)28-22-32-34(40(7,8)20-18-38(32,3)4)24-30(28)36(29)41(9,10)35-16-15-25-13-11-12-14-26(25)35;1-19-17-23-18-22(20-9-5-4-6-10-20)13-15-25(23)27(19)28(2,3)26-16-14-21-11-7-8-12-24(21)26;1-17-15-19-16-20(25(2,3)4)12-13-22(19)24(17)26(5,6)23-14-11-18-9-7-8-10-21(18)23;1-15-8-7-11-19-20(15)14-16(2)22(19)23(3,4)21-13-12-17-9-5-6-10-18(17)21;;;;;;;;;;;;;;;;;;;;/h25-36H,11-24H2,1-10H3;19-27H,4-18H2,1-3H3;17-24H,7-16H2,1-6H3;15-22H,5-14H2,1-4H3;8*1H3;8*1H;;;;/q;;;;8*-1;;;;;;;;;4*+4/p-8. The maximum atomic E-state index is 4.93. The molecule has 138 heavy (non-hydrogen) atoms. The van der Waals surface area contributed by atoms with Gasteiger partial charge < -0.3 is 59.4 Å². The zero-order valence-corrected chi connectivity index (χ0v) is 116. The van der Waals surface area contributed by atoms with Crippen molar-refractivity contribution in [2.75, 3.05) is 0 Å². The van der Waals surface area contributed by atoms with E-state index >= 15 is 0 Å². The maximum absolute atomic E-state index is 4.93. The topological polar surface area (TPSA) is 0 Å². The van der Waals surface area contributed by atoms with Crippen molar-refractivity contribution in [2.45, 2.75) is 515 Å². The Morgan fingerprint density at radius 2 is 0.471 bits per heavy atom. The van der Waals surface area contributed by atoms with Crippen molar-refractivity contribution in [1.82, 2.24) is 0 Å². The van der Waals surface area contributed by atoms with Crippen molar-refractivity contribution in [2.24, 2.45) is 199 Å². The Hall–Kier alpha value is 6.72. The van der Waals surface area contributed by atoms with E-state index in [-0.39, 0.29) is 59.4 Å². The molecule has 20 fully saturated rings. The molecule has 0 heterocycles. The molecule has 20 aliphatic rings. The van der Waals surface area contributed by atoms with E-state index in [0.29, 0.717) is 27.1 Å². The third-order valence-corrected chi connectivity index (χ3v) is 69.7. The van der Waals surface area contributed by atoms with Crippen LogP contribution in [0.15, 0.2) is 0 Å². The van der Waals surface area contributed by atoms with Crippen LogP contribution in [-0.2, 0) is 83.4 Å². The Bertz CT molecular complexity index is 3370. The molecule has 0 radical (unpaired) electrons. The van der Waals surface area contributed by atoms with Gasteiger partial charge in [-0.05, 0) is 352 Å². The normalized spacial score (nSPS) is 42.4. The van der Waals surface area contributed by atoms with Crippen molar-refractivity contribution >= 4 is 100 Å². The van der Waals surface area contributed by atoms with Gasteiger partial charge in [-0.1, -0.05) is 362 Å². The number of hydrogen-bond acceptors (Lipinski definition) is 0. The van der Waals surface area contributed by atoms with E-state index in [0.717, 1.165) is 199 Å². The predicted octanol–water partition coefficient (Wildman–Crippen LogP) is 45.3. The molecule has 0 aromatic rings. The molecular weight excluding hydrogens is 2230 g/mol. The van der Waals surface area contributed by atoms with Crippen LogP contribution in [0.25, 0.3) is 0 Å². The summed E-state index contributed by atoms with van der Waals surface area (Å²) in [5, 5.41) is 0. The Morgan fingerprint density at radius 3 is 0.804 bits per heavy atom. The fourth-order valence-electron chi connectivity index (χ4n) is 43.1. The molecule has 0 saturated heterocycles. The average molecular weight is 2460 g/mol. The van der Waals surface area contributed by atoms with Crippen LogP contribution in [0.5, 0.6) is 0 Å². The zero-order valence-electron chi connectivity index (χ0n) is 96.5. The van der Waals surface area contributed by atoms with Gasteiger partial charge in [-0.2, -0.15) is 0 Å². The van der Waals surface area contributed by atoms with Crippen molar-refractivity contribution in [1.29, 1.82) is 0 Å². The fourth-order valence-corrected chi connectivity index (χ4v) is 67.3. The molecule has 35 unspecified atom stereocenters. The molecule has 20 rings (SSSR count). The van der Waals surface area contributed by atoms with Crippen LogP contribution < -0.4 is 0 Å². The summed E-state index contributed by atoms with van der Waals surface area (Å²) in [6.45, 7) is 62.8. The summed E-state index contributed by atoms with van der Waals surface area (Å²) in [6.07, 6.45) is 76.9. The molecular formula is C122H228Cl8Si4Zr4. The van der Waals surface area contributed by atoms with Crippen molar-refractivity contribution in [3.05, 3.63) is 59.4 Å². The second-order valence-corrected chi connectivity index (χ2v) is 92.9. The summed E-state index contributed by atoms with van der Waals surface area (Å²) in [5.74, 6) is 31.2. The zero-order chi connectivity index (χ0) is 94.3. The van der Waals surface area contributed by atoms with E-state index in [4.69, 9.17) is 68.1 Å². The van der Waals surface area contributed by atoms with Gasteiger partial charge >= 0.3 is 151 Å². The molecule has 0 aromatic heterocycles. The molecule has 0 spiro atoms. The SMILES string of the molecule is CC1(C)CCC(C)(C)C2CC3C(CC21)C1CC2C(CC1C3[Si](C)(C)C1CCC3CCCCC31)C(C)(C)CCC2(C)C.CC1CC2CC(C(C)(C)C)CCC2C1[Si](C)(C)C1CCC2CCCCC21.CC1CC2CC(C3CCCCC3)CCC2C1[Si](C)(C)C1CCC2CCCCC21.CC1CCCC2C1CC(C)C2[Si](C)(C)C1CCC2CCCCC21.[CH3-].[CH3-].[CH3-].[CH3-].[CH3-].[CH3-].[CH3-].[CH3-].[Cl][Zr+2][Cl].[Cl][Zr+2][Cl].[Cl][Zr+2][Cl].[Cl][Zr+2][Cl]. The van der Waals surface area contributed by atoms with Gasteiger partial charge in [0.1, 0.15) is 0 Å². The minimum atomic E-state index is -1.44. The molecule has 16 heteroatoms. The first kappa shape index (κ1) is 135.